The van der Waals surface area contributed by atoms with Crippen molar-refractivity contribution in [2.24, 2.45) is 0 Å². The smallest absolute Gasteiger partial charge is 0.0196 e. The Morgan fingerprint density at radius 2 is 2.07 bits per heavy atom. The highest BCUT2D eigenvalue weighted by Gasteiger charge is 2.09. The molecule has 0 unspecified atom stereocenters. The maximum Gasteiger partial charge on any atom is -0.0196 e. The average molecular weight is 186 g/mol. The van der Waals surface area contributed by atoms with E-state index in [1.54, 1.807) is 11.1 Å². The Labute approximate surface area is 86.7 Å². The Morgan fingerprint density at radius 3 is 2.93 bits per heavy atom. The number of rotatable bonds is 2. The van der Waals surface area contributed by atoms with Crippen LogP contribution >= 0.6 is 0 Å². The molecular formula is C14H18. The molecule has 0 saturated carbocycles. The average Bonchev–Trinajstić information content (AvgIpc) is 2.42. The highest BCUT2D eigenvalue weighted by Crippen LogP contribution is 2.28. The monoisotopic (exact) mass is 186 g/mol. The van der Waals surface area contributed by atoms with Gasteiger partial charge in [-0.1, -0.05) is 43.7 Å². The Morgan fingerprint density at radius 1 is 1.21 bits per heavy atom. The van der Waals surface area contributed by atoms with Crippen LogP contribution in [0, 0.1) is 0 Å². The van der Waals surface area contributed by atoms with E-state index < -0.39 is 0 Å². The topological polar surface area (TPSA) is 0 Å². The van der Waals surface area contributed by atoms with Crippen molar-refractivity contribution in [3.05, 3.63) is 41.5 Å². The van der Waals surface area contributed by atoms with E-state index in [1.807, 2.05) is 0 Å². The van der Waals surface area contributed by atoms with Crippen molar-refractivity contribution in [1.29, 1.82) is 0 Å². The van der Waals surface area contributed by atoms with E-state index in [4.69, 9.17) is 0 Å². The fourth-order valence-electron chi connectivity index (χ4n) is 2.24. The zero-order chi connectivity index (χ0) is 9.80. The van der Waals surface area contributed by atoms with Crippen LogP contribution in [0.1, 0.15) is 43.7 Å². The van der Waals surface area contributed by atoms with Crippen LogP contribution in [0.5, 0.6) is 0 Å². The highest BCUT2D eigenvalue weighted by atomic mass is 14.1. The van der Waals surface area contributed by atoms with Gasteiger partial charge in [0.05, 0.1) is 0 Å². The SMILES string of the molecule is CCCC1=CCCCc2ccccc21. The van der Waals surface area contributed by atoms with E-state index in [-0.39, 0.29) is 0 Å². The summed E-state index contributed by atoms with van der Waals surface area (Å²) >= 11 is 0. The van der Waals surface area contributed by atoms with Crippen LogP contribution in [0.15, 0.2) is 30.3 Å². The molecule has 0 N–H and O–H groups in total. The van der Waals surface area contributed by atoms with E-state index in [9.17, 15) is 0 Å². The summed E-state index contributed by atoms with van der Waals surface area (Å²) in [5.41, 5.74) is 4.62. The van der Waals surface area contributed by atoms with Gasteiger partial charge in [-0.3, -0.25) is 0 Å². The third-order valence-corrected chi connectivity index (χ3v) is 2.92. The minimum atomic E-state index is 1.23. The molecule has 0 radical (unpaired) electrons. The van der Waals surface area contributed by atoms with Gasteiger partial charge >= 0.3 is 0 Å². The second kappa shape index (κ2) is 4.45. The molecule has 0 bridgehead atoms. The molecular weight excluding hydrogens is 168 g/mol. The zero-order valence-electron chi connectivity index (χ0n) is 8.92. The molecule has 0 heteroatoms. The lowest BCUT2D eigenvalue weighted by atomic mass is 9.96. The summed E-state index contributed by atoms with van der Waals surface area (Å²) in [6.45, 7) is 2.26. The van der Waals surface area contributed by atoms with Crippen molar-refractivity contribution >= 4 is 5.57 Å². The minimum absolute atomic E-state index is 1.23. The van der Waals surface area contributed by atoms with E-state index in [0.717, 1.165) is 0 Å². The van der Waals surface area contributed by atoms with E-state index in [2.05, 4.69) is 37.3 Å². The van der Waals surface area contributed by atoms with Gasteiger partial charge in [0.25, 0.3) is 0 Å². The molecule has 0 fully saturated rings. The molecule has 14 heavy (non-hydrogen) atoms. The summed E-state index contributed by atoms with van der Waals surface area (Å²) in [4.78, 5) is 0. The Balaban J connectivity index is 2.37. The lowest BCUT2D eigenvalue weighted by Crippen LogP contribution is -1.90. The van der Waals surface area contributed by atoms with Gasteiger partial charge in [-0.2, -0.15) is 0 Å². The number of hydrogen-bond acceptors (Lipinski definition) is 0. The van der Waals surface area contributed by atoms with Crippen molar-refractivity contribution in [1.82, 2.24) is 0 Å². The molecule has 0 spiro atoms. The summed E-state index contributed by atoms with van der Waals surface area (Å²) < 4.78 is 0. The van der Waals surface area contributed by atoms with Gasteiger partial charge in [0.2, 0.25) is 0 Å². The number of fused-ring (bicyclic) bond motifs is 1. The van der Waals surface area contributed by atoms with Crippen LogP contribution in [0.4, 0.5) is 0 Å². The Hall–Kier alpha value is -1.04. The van der Waals surface area contributed by atoms with Crippen molar-refractivity contribution in [2.45, 2.75) is 39.0 Å². The van der Waals surface area contributed by atoms with Crippen LogP contribution in [0.3, 0.4) is 0 Å². The molecule has 0 aliphatic heterocycles. The number of benzene rings is 1. The van der Waals surface area contributed by atoms with Crippen LogP contribution in [-0.2, 0) is 6.42 Å². The van der Waals surface area contributed by atoms with E-state index in [1.165, 1.54) is 37.7 Å². The van der Waals surface area contributed by atoms with Crippen molar-refractivity contribution < 1.29 is 0 Å². The molecule has 2 rings (SSSR count). The van der Waals surface area contributed by atoms with E-state index >= 15 is 0 Å². The summed E-state index contributed by atoms with van der Waals surface area (Å²) in [5, 5.41) is 0. The van der Waals surface area contributed by atoms with Gasteiger partial charge in [0.15, 0.2) is 0 Å². The first-order valence-electron chi connectivity index (χ1n) is 5.69. The molecule has 1 aromatic rings. The van der Waals surface area contributed by atoms with E-state index in [0.29, 0.717) is 0 Å². The molecule has 1 aromatic carbocycles. The largest absolute Gasteiger partial charge is 0.0807 e. The highest BCUT2D eigenvalue weighted by molar-refractivity contribution is 5.68. The van der Waals surface area contributed by atoms with Crippen LogP contribution in [-0.4, -0.2) is 0 Å². The minimum Gasteiger partial charge on any atom is -0.0807 e. The summed E-state index contributed by atoms with van der Waals surface area (Å²) in [7, 11) is 0. The first-order valence-corrected chi connectivity index (χ1v) is 5.69. The Bertz CT molecular complexity index is 334. The van der Waals surface area contributed by atoms with Gasteiger partial charge in [0, 0.05) is 0 Å². The summed E-state index contributed by atoms with van der Waals surface area (Å²) in [6.07, 6.45) is 8.74. The van der Waals surface area contributed by atoms with Gasteiger partial charge < -0.3 is 0 Å². The normalized spacial score (nSPS) is 15.6. The fraction of sp³-hybridized carbons (Fsp3) is 0.429. The first kappa shape index (κ1) is 9.51. The second-order valence-corrected chi connectivity index (χ2v) is 4.03. The third kappa shape index (κ3) is 1.89. The molecule has 0 saturated heterocycles. The maximum absolute atomic E-state index is 2.44. The van der Waals surface area contributed by atoms with Crippen LogP contribution in [0.25, 0.3) is 5.57 Å². The number of allylic oxidation sites excluding steroid dienone is 2. The molecule has 0 atom stereocenters. The van der Waals surface area contributed by atoms with Crippen molar-refractivity contribution in [3.63, 3.8) is 0 Å². The molecule has 1 aliphatic rings. The van der Waals surface area contributed by atoms with Crippen molar-refractivity contribution in [3.8, 4) is 0 Å². The molecule has 0 amide bonds. The molecule has 1 aliphatic carbocycles. The zero-order valence-corrected chi connectivity index (χ0v) is 8.92. The van der Waals surface area contributed by atoms with Gasteiger partial charge in [-0.15, -0.1) is 0 Å². The molecule has 0 aromatic heterocycles. The second-order valence-electron chi connectivity index (χ2n) is 4.03. The third-order valence-electron chi connectivity index (χ3n) is 2.92. The quantitative estimate of drug-likeness (QED) is 0.649. The molecule has 74 valence electrons. The predicted octanol–water partition coefficient (Wildman–Crippen LogP) is 4.21. The van der Waals surface area contributed by atoms with Gasteiger partial charge in [0.1, 0.15) is 0 Å². The number of aryl methyl sites for hydroxylation is 1. The van der Waals surface area contributed by atoms with Gasteiger partial charge in [-0.05, 0) is 42.4 Å². The van der Waals surface area contributed by atoms with Crippen LogP contribution in [0.2, 0.25) is 0 Å². The lowest BCUT2D eigenvalue weighted by molar-refractivity contribution is 0.851. The summed E-state index contributed by atoms with van der Waals surface area (Å²) in [6, 6.07) is 8.88. The summed E-state index contributed by atoms with van der Waals surface area (Å²) in [5.74, 6) is 0. The van der Waals surface area contributed by atoms with Crippen molar-refractivity contribution in [2.75, 3.05) is 0 Å². The first-order chi connectivity index (χ1) is 6.92. The van der Waals surface area contributed by atoms with Gasteiger partial charge in [-0.25, -0.2) is 0 Å². The maximum atomic E-state index is 2.44. The Kier molecular flexibility index (Phi) is 3.03. The molecule has 0 heterocycles. The fourth-order valence-corrected chi connectivity index (χ4v) is 2.24. The van der Waals surface area contributed by atoms with Crippen LogP contribution < -0.4 is 0 Å². The molecule has 0 nitrogen and oxygen atoms in total. The predicted molar refractivity (Wildman–Crippen MR) is 62.3 cm³/mol. The number of hydrogen-bond donors (Lipinski definition) is 0. The lowest BCUT2D eigenvalue weighted by Gasteiger charge is -2.09. The standard InChI is InChI=1S/C14H18/c1-2-7-12-8-3-4-9-13-10-5-6-11-14(12)13/h5-6,8,10-11H,2-4,7,9H2,1H3.